The summed E-state index contributed by atoms with van der Waals surface area (Å²) in [6.07, 6.45) is 8.97. The van der Waals surface area contributed by atoms with Crippen molar-refractivity contribution in [3.63, 3.8) is 0 Å². The zero-order valence-corrected chi connectivity index (χ0v) is 22.5. The van der Waals surface area contributed by atoms with Crippen LogP contribution in [0.3, 0.4) is 0 Å². The first kappa shape index (κ1) is 26.9. The Morgan fingerprint density at radius 1 is 0.789 bits per heavy atom. The van der Waals surface area contributed by atoms with Gasteiger partial charge in [0, 0.05) is 11.6 Å². The molecule has 4 heteroatoms. The van der Waals surface area contributed by atoms with Crippen LogP contribution < -0.4 is 0 Å². The molecule has 1 aliphatic rings. The molecule has 0 fully saturated rings. The van der Waals surface area contributed by atoms with Crippen LogP contribution in [-0.4, -0.2) is 14.9 Å². The smallest absolute Gasteiger partial charge is 0.279 e. The zero-order chi connectivity index (χ0) is 27.1. The van der Waals surface area contributed by atoms with Gasteiger partial charge in [-0.05, 0) is 77.4 Å². The van der Waals surface area contributed by atoms with Gasteiger partial charge in [-0.15, -0.1) is 0 Å². The van der Waals surface area contributed by atoms with Crippen LogP contribution in [0.4, 0.5) is 0 Å². The number of phenols is 2. The van der Waals surface area contributed by atoms with E-state index in [0.717, 1.165) is 71.0 Å². The molecule has 0 bridgehead atoms. The molecule has 0 atom stereocenters. The van der Waals surface area contributed by atoms with Crippen LogP contribution in [0, 0.1) is 0 Å². The minimum absolute atomic E-state index is 0.0233. The van der Waals surface area contributed by atoms with E-state index >= 15 is 0 Å². The fourth-order valence-electron chi connectivity index (χ4n) is 4.53. The summed E-state index contributed by atoms with van der Waals surface area (Å²) in [6.45, 7) is 6.41. The maximum Gasteiger partial charge on any atom is 0.279 e. The average Bonchev–Trinajstić information content (AvgIpc) is 3.61. The van der Waals surface area contributed by atoms with Crippen LogP contribution in [0.1, 0.15) is 61.4 Å². The number of benzene rings is 4. The van der Waals surface area contributed by atoms with Crippen LogP contribution in [-0.2, 0) is 19.3 Å². The Kier molecular flexibility index (Phi) is 8.75. The van der Waals surface area contributed by atoms with Crippen molar-refractivity contribution in [2.75, 3.05) is 0 Å². The van der Waals surface area contributed by atoms with Crippen LogP contribution in [0.25, 0.3) is 28.1 Å². The van der Waals surface area contributed by atoms with Gasteiger partial charge < -0.3 is 15.7 Å². The first-order valence-corrected chi connectivity index (χ1v) is 13.5. The van der Waals surface area contributed by atoms with Crippen LogP contribution in [0.5, 0.6) is 11.5 Å². The van der Waals surface area contributed by atoms with Gasteiger partial charge in [0.2, 0.25) is 0 Å². The molecule has 0 aliphatic carbocycles. The van der Waals surface area contributed by atoms with Crippen molar-refractivity contribution in [1.82, 2.24) is 0 Å². The number of phenolic OH excluding ortho intramolecular Hbond substituents is 2. The van der Waals surface area contributed by atoms with Gasteiger partial charge in [0.15, 0.2) is 11.5 Å². The van der Waals surface area contributed by atoms with Crippen molar-refractivity contribution in [3.05, 3.63) is 124 Å². The second-order valence-corrected chi connectivity index (χ2v) is 9.57. The van der Waals surface area contributed by atoms with Crippen molar-refractivity contribution < 1.29 is 14.9 Å². The number of fused-ring (bicyclic) bond motifs is 1. The van der Waals surface area contributed by atoms with Gasteiger partial charge in [-0.3, -0.25) is 0 Å². The van der Waals surface area contributed by atoms with Crippen LogP contribution in [0.15, 0.2) is 90.6 Å². The normalized spacial score (nSPS) is 12.7. The largest absolute Gasteiger partial charge is 0.504 e. The fourth-order valence-corrected chi connectivity index (χ4v) is 4.53. The highest BCUT2D eigenvalue weighted by Crippen LogP contribution is 2.37. The number of nitrogens with zero attached hydrogens (tertiary/aromatic N) is 2. The number of hydrogen-bond acceptors (Lipinski definition) is 2. The summed E-state index contributed by atoms with van der Waals surface area (Å²) in [5, 5.41) is 21.5. The Bertz CT molecular complexity index is 1480. The number of aromatic hydroxyl groups is 2. The summed E-state index contributed by atoms with van der Waals surface area (Å²) < 4.78 is 1.25. The zero-order valence-electron chi connectivity index (χ0n) is 22.5. The highest BCUT2D eigenvalue weighted by Gasteiger charge is 2.36. The van der Waals surface area contributed by atoms with Crippen molar-refractivity contribution in [2.45, 2.75) is 52.9 Å². The molecular formula is C34H36N2O2. The van der Waals surface area contributed by atoms with Crippen molar-refractivity contribution in [3.8, 4) is 11.5 Å². The Morgan fingerprint density at radius 2 is 1.42 bits per heavy atom. The van der Waals surface area contributed by atoms with Crippen molar-refractivity contribution in [1.29, 1.82) is 0 Å². The highest BCUT2D eigenvalue weighted by atomic mass is 16.3. The molecule has 0 saturated carbocycles. The summed E-state index contributed by atoms with van der Waals surface area (Å²) in [4.78, 5) is 0. The van der Waals surface area contributed by atoms with E-state index in [1.54, 1.807) is 6.07 Å². The van der Waals surface area contributed by atoms with E-state index in [-0.39, 0.29) is 11.5 Å². The molecule has 4 aromatic rings. The quantitative estimate of drug-likeness (QED) is 0.186. The molecule has 0 spiro atoms. The third-order valence-corrected chi connectivity index (χ3v) is 6.98. The molecule has 0 aromatic heterocycles. The second-order valence-electron chi connectivity index (χ2n) is 9.57. The van der Waals surface area contributed by atoms with E-state index < -0.39 is 0 Å². The SMILES string of the molecule is CCCCc1c(O)c(O)cc2ccccc12.CCc1ccc(C=CC2=C(c3ccc(CC)cc3)[N+]2=[N-])cc1. The second kappa shape index (κ2) is 12.4. The van der Waals surface area contributed by atoms with Gasteiger partial charge in [0.1, 0.15) is 0 Å². The van der Waals surface area contributed by atoms with E-state index in [1.807, 2.05) is 36.4 Å². The molecule has 5 rings (SSSR count). The number of unbranched alkanes of at least 4 members (excludes halogenated alkanes) is 1. The number of rotatable bonds is 8. The van der Waals surface area contributed by atoms with Gasteiger partial charge in [-0.25, -0.2) is 4.70 Å². The first-order valence-electron chi connectivity index (χ1n) is 13.5. The Hall–Kier alpha value is -4.18. The maximum absolute atomic E-state index is 9.93. The fraction of sp³-hybridized carbons (Fsp3) is 0.235. The lowest BCUT2D eigenvalue weighted by Crippen LogP contribution is -1.89. The Morgan fingerprint density at radius 3 is 2.05 bits per heavy atom. The minimum atomic E-state index is -0.0233. The lowest BCUT2D eigenvalue weighted by Gasteiger charge is -2.10. The van der Waals surface area contributed by atoms with E-state index in [9.17, 15) is 15.7 Å². The van der Waals surface area contributed by atoms with Crippen LogP contribution >= 0.6 is 0 Å². The predicted octanol–water partition coefficient (Wildman–Crippen LogP) is 8.83. The van der Waals surface area contributed by atoms with Crippen molar-refractivity contribution >= 4 is 22.5 Å². The molecule has 1 aliphatic heterocycles. The Labute approximate surface area is 225 Å². The van der Waals surface area contributed by atoms with Gasteiger partial charge in [-0.1, -0.05) is 87.9 Å². The summed E-state index contributed by atoms with van der Waals surface area (Å²) in [5.74, 6) is 0.0111. The molecular weight excluding hydrogens is 468 g/mol. The monoisotopic (exact) mass is 504 g/mol. The Balaban J connectivity index is 0.000000186. The molecule has 4 aromatic carbocycles. The van der Waals surface area contributed by atoms with Gasteiger partial charge >= 0.3 is 0 Å². The topological polar surface area (TPSA) is 65.8 Å². The first-order chi connectivity index (χ1) is 18.5. The third kappa shape index (κ3) is 6.20. The number of aryl methyl sites for hydroxylation is 3. The number of hydrogen-bond donors (Lipinski definition) is 2. The highest BCUT2D eigenvalue weighted by molar-refractivity contribution is 5.89. The van der Waals surface area contributed by atoms with Crippen molar-refractivity contribution in [2.24, 2.45) is 0 Å². The molecule has 0 radical (unpaired) electrons. The van der Waals surface area contributed by atoms with Gasteiger partial charge in [0.05, 0.1) is 5.56 Å². The molecule has 1 heterocycles. The summed E-state index contributed by atoms with van der Waals surface area (Å²) in [7, 11) is 0. The maximum atomic E-state index is 9.93. The van der Waals surface area contributed by atoms with E-state index in [0.29, 0.717) is 0 Å². The van der Waals surface area contributed by atoms with Crippen LogP contribution in [0.2, 0.25) is 0 Å². The number of allylic oxidation sites excluding steroid dienone is 1. The molecule has 4 nitrogen and oxygen atoms in total. The van der Waals surface area contributed by atoms with E-state index in [4.69, 9.17) is 0 Å². The molecule has 0 saturated heterocycles. The molecule has 0 amide bonds. The predicted molar refractivity (Wildman–Crippen MR) is 157 cm³/mol. The van der Waals surface area contributed by atoms with Gasteiger partial charge in [0.25, 0.3) is 11.4 Å². The van der Waals surface area contributed by atoms with Gasteiger partial charge in [-0.2, -0.15) is 0 Å². The average molecular weight is 505 g/mol. The van der Waals surface area contributed by atoms with E-state index in [2.05, 4.69) is 69.3 Å². The molecule has 194 valence electrons. The summed E-state index contributed by atoms with van der Waals surface area (Å²) in [6, 6.07) is 26.3. The minimum Gasteiger partial charge on any atom is -0.504 e. The third-order valence-electron chi connectivity index (χ3n) is 6.98. The summed E-state index contributed by atoms with van der Waals surface area (Å²) >= 11 is 0. The lowest BCUT2D eigenvalue weighted by atomic mass is 9.98. The van der Waals surface area contributed by atoms with E-state index in [1.165, 1.54) is 15.8 Å². The standard InChI is InChI=1S/C20H20N2.C14H16O2/c1-3-15-5-7-17(8-6-15)11-14-19-20(22(19)21)18-12-9-16(4-2)10-13-18;1-2-3-7-12-11-8-5-4-6-10(11)9-13(15)14(12)16/h5-14H,3-4H2,1-2H3;4-6,8-9,15-16H,2-3,7H2,1H3. The molecule has 0 unspecified atom stereocenters. The summed E-state index contributed by atoms with van der Waals surface area (Å²) in [5.41, 5.74) is 17.4. The molecule has 38 heavy (non-hydrogen) atoms. The lowest BCUT2D eigenvalue weighted by molar-refractivity contribution is -0.310. The molecule has 2 N–H and O–H groups in total.